The minimum atomic E-state index is -0.132. The van der Waals surface area contributed by atoms with Crippen LogP contribution in [-0.2, 0) is 0 Å². The minimum Gasteiger partial charge on any atom is -0.371 e. The predicted octanol–water partition coefficient (Wildman–Crippen LogP) is 0.0115. The van der Waals surface area contributed by atoms with Gasteiger partial charge in [-0.05, 0) is 12.1 Å². The van der Waals surface area contributed by atoms with Crippen LogP contribution in [0, 0.1) is 0 Å². The lowest BCUT2D eigenvalue weighted by Gasteiger charge is -2.23. The number of nitrogens with zero attached hydrogens (tertiary/aromatic N) is 1. The number of aromatic nitrogens is 1. The largest absolute Gasteiger partial charge is 0.371 e. The Kier molecular flexibility index (Phi) is 1.48. The Morgan fingerprint density at radius 3 is 3.36 bits per heavy atom. The molecule has 1 aromatic heterocycles. The first-order chi connectivity index (χ1) is 5.38. The molecular weight excluding hydrogens is 140 g/mol. The van der Waals surface area contributed by atoms with Gasteiger partial charge in [0.05, 0.1) is 18.1 Å². The van der Waals surface area contributed by atoms with Gasteiger partial charge in [-0.15, -0.1) is 0 Å². The van der Waals surface area contributed by atoms with E-state index < -0.39 is 0 Å². The highest BCUT2D eigenvalue weighted by atomic mass is 15.2. The standard InChI is InChI=1S/C7H10N4/c8-7-6-5(10-4-11-7)2-1-3-9-6/h1-3,7,10-11H,4,8H2. The third kappa shape index (κ3) is 1.06. The zero-order valence-electron chi connectivity index (χ0n) is 6.04. The van der Waals surface area contributed by atoms with Gasteiger partial charge in [-0.1, -0.05) is 0 Å². The monoisotopic (exact) mass is 150 g/mol. The average Bonchev–Trinajstić information content (AvgIpc) is 2.06. The molecule has 0 radical (unpaired) electrons. The zero-order valence-corrected chi connectivity index (χ0v) is 6.04. The second-order valence-electron chi connectivity index (χ2n) is 2.47. The smallest absolute Gasteiger partial charge is 0.102 e. The first-order valence-electron chi connectivity index (χ1n) is 3.55. The molecule has 1 aliphatic rings. The van der Waals surface area contributed by atoms with E-state index in [1.165, 1.54) is 0 Å². The maximum Gasteiger partial charge on any atom is 0.102 e. The van der Waals surface area contributed by atoms with Crippen molar-refractivity contribution in [2.75, 3.05) is 12.0 Å². The van der Waals surface area contributed by atoms with E-state index in [2.05, 4.69) is 15.6 Å². The fourth-order valence-corrected chi connectivity index (χ4v) is 1.17. The number of nitrogens with two attached hydrogens (primary N) is 1. The van der Waals surface area contributed by atoms with Crippen molar-refractivity contribution in [3.8, 4) is 0 Å². The van der Waals surface area contributed by atoms with Gasteiger partial charge < -0.3 is 11.1 Å². The van der Waals surface area contributed by atoms with E-state index in [0.717, 1.165) is 11.4 Å². The van der Waals surface area contributed by atoms with Crippen molar-refractivity contribution in [3.05, 3.63) is 24.0 Å². The van der Waals surface area contributed by atoms with Gasteiger partial charge in [0.2, 0.25) is 0 Å². The summed E-state index contributed by atoms with van der Waals surface area (Å²) in [5.74, 6) is 0. The van der Waals surface area contributed by atoms with Crippen LogP contribution in [0.25, 0.3) is 0 Å². The van der Waals surface area contributed by atoms with Crippen LogP contribution in [0.3, 0.4) is 0 Å². The minimum absolute atomic E-state index is 0.132. The van der Waals surface area contributed by atoms with E-state index >= 15 is 0 Å². The van der Waals surface area contributed by atoms with Crippen molar-refractivity contribution < 1.29 is 0 Å². The Morgan fingerprint density at radius 1 is 1.64 bits per heavy atom. The Balaban J connectivity index is 2.44. The molecule has 4 N–H and O–H groups in total. The maximum absolute atomic E-state index is 5.73. The van der Waals surface area contributed by atoms with Gasteiger partial charge in [-0.25, -0.2) is 0 Å². The molecule has 0 spiro atoms. The van der Waals surface area contributed by atoms with Gasteiger partial charge in [0, 0.05) is 6.20 Å². The Hall–Kier alpha value is -1.13. The van der Waals surface area contributed by atoms with Crippen LogP contribution in [0.2, 0.25) is 0 Å². The Morgan fingerprint density at radius 2 is 2.55 bits per heavy atom. The normalized spacial score (nSPS) is 22.1. The molecule has 11 heavy (non-hydrogen) atoms. The molecule has 1 unspecified atom stereocenters. The topological polar surface area (TPSA) is 63.0 Å². The molecule has 0 aromatic carbocycles. The number of pyridine rings is 1. The van der Waals surface area contributed by atoms with Crippen LogP contribution in [0.15, 0.2) is 18.3 Å². The average molecular weight is 150 g/mol. The summed E-state index contributed by atoms with van der Waals surface area (Å²) in [6.07, 6.45) is 1.61. The van der Waals surface area contributed by atoms with E-state index in [4.69, 9.17) is 5.73 Å². The van der Waals surface area contributed by atoms with E-state index in [1.807, 2.05) is 12.1 Å². The lowest BCUT2D eigenvalue weighted by atomic mass is 10.2. The van der Waals surface area contributed by atoms with Crippen LogP contribution in [-0.4, -0.2) is 11.7 Å². The molecule has 0 fully saturated rings. The van der Waals surface area contributed by atoms with Crippen molar-refractivity contribution in [1.82, 2.24) is 10.3 Å². The number of fused-ring (bicyclic) bond motifs is 1. The van der Waals surface area contributed by atoms with Gasteiger partial charge in [-0.2, -0.15) is 0 Å². The number of hydrogen-bond donors (Lipinski definition) is 3. The second-order valence-corrected chi connectivity index (χ2v) is 2.47. The van der Waals surface area contributed by atoms with Gasteiger partial charge >= 0.3 is 0 Å². The van der Waals surface area contributed by atoms with E-state index in [1.54, 1.807) is 6.20 Å². The molecule has 4 heteroatoms. The second kappa shape index (κ2) is 2.48. The third-order valence-electron chi connectivity index (χ3n) is 1.73. The van der Waals surface area contributed by atoms with Gasteiger partial charge in [0.1, 0.15) is 6.17 Å². The molecule has 0 bridgehead atoms. The lowest BCUT2D eigenvalue weighted by molar-refractivity contribution is 0.545. The molecule has 1 aromatic rings. The SMILES string of the molecule is NC1NCNc2cccnc21. The molecule has 0 amide bonds. The van der Waals surface area contributed by atoms with E-state index in [9.17, 15) is 0 Å². The summed E-state index contributed by atoms with van der Waals surface area (Å²) in [7, 11) is 0. The lowest BCUT2D eigenvalue weighted by Crippen LogP contribution is -2.38. The summed E-state index contributed by atoms with van der Waals surface area (Å²) >= 11 is 0. The quantitative estimate of drug-likeness (QED) is 0.487. The van der Waals surface area contributed by atoms with Crippen molar-refractivity contribution in [3.63, 3.8) is 0 Å². The van der Waals surface area contributed by atoms with Crippen molar-refractivity contribution in [2.45, 2.75) is 6.17 Å². The molecular formula is C7H10N4. The Bertz CT molecular complexity index is 260. The molecule has 1 atom stereocenters. The summed E-state index contributed by atoms with van der Waals surface area (Å²) < 4.78 is 0. The van der Waals surface area contributed by atoms with E-state index in [-0.39, 0.29) is 6.17 Å². The highest BCUT2D eigenvalue weighted by Crippen LogP contribution is 2.18. The van der Waals surface area contributed by atoms with Crippen molar-refractivity contribution >= 4 is 5.69 Å². The highest BCUT2D eigenvalue weighted by Gasteiger charge is 2.15. The first kappa shape index (κ1) is 6.57. The fraction of sp³-hybridized carbons (Fsp3) is 0.286. The summed E-state index contributed by atoms with van der Waals surface area (Å²) in [5, 5.41) is 6.18. The molecule has 1 aliphatic heterocycles. The van der Waals surface area contributed by atoms with Gasteiger partial charge in [0.15, 0.2) is 0 Å². The number of nitrogens with one attached hydrogen (secondary N) is 2. The highest BCUT2D eigenvalue weighted by molar-refractivity contribution is 5.50. The van der Waals surface area contributed by atoms with Crippen LogP contribution < -0.4 is 16.4 Å². The predicted molar refractivity (Wildman–Crippen MR) is 42.8 cm³/mol. The molecule has 2 rings (SSSR count). The summed E-state index contributed by atoms with van der Waals surface area (Å²) in [6, 6.07) is 3.87. The van der Waals surface area contributed by atoms with E-state index in [0.29, 0.717) is 6.67 Å². The van der Waals surface area contributed by atoms with Crippen molar-refractivity contribution in [2.24, 2.45) is 5.73 Å². The zero-order chi connectivity index (χ0) is 7.68. The molecule has 4 nitrogen and oxygen atoms in total. The van der Waals surface area contributed by atoms with Gasteiger partial charge in [0.25, 0.3) is 0 Å². The van der Waals surface area contributed by atoms with Crippen LogP contribution in [0.5, 0.6) is 0 Å². The van der Waals surface area contributed by atoms with Crippen LogP contribution in [0.4, 0.5) is 5.69 Å². The molecule has 0 aliphatic carbocycles. The summed E-state index contributed by atoms with van der Waals surface area (Å²) in [4.78, 5) is 4.15. The number of hydrogen-bond acceptors (Lipinski definition) is 4. The molecule has 0 saturated carbocycles. The van der Waals surface area contributed by atoms with Crippen LogP contribution >= 0.6 is 0 Å². The number of rotatable bonds is 0. The number of anilines is 1. The molecule has 58 valence electrons. The fourth-order valence-electron chi connectivity index (χ4n) is 1.17. The molecule has 0 saturated heterocycles. The first-order valence-corrected chi connectivity index (χ1v) is 3.55. The Labute approximate surface area is 64.8 Å². The van der Waals surface area contributed by atoms with Crippen molar-refractivity contribution in [1.29, 1.82) is 0 Å². The third-order valence-corrected chi connectivity index (χ3v) is 1.73. The van der Waals surface area contributed by atoms with Crippen LogP contribution in [0.1, 0.15) is 11.9 Å². The maximum atomic E-state index is 5.73. The van der Waals surface area contributed by atoms with Gasteiger partial charge in [-0.3, -0.25) is 10.3 Å². The summed E-state index contributed by atoms with van der Waals surface area (Å²) in [6.45, 7) is 0.708. The molecule has 2 heterocycles. The summed E-state index contributed by atoms with van der Waals surface area (Å²) in [5.41, 5.74) is 7.65.